The summed E-state index contributed by atoms with van der Waals surface area (Å²) in [6.45, 7) is 2.90. The maximum atomic E-state index is 11.3. The molecule has 0 aliphatic rings. The Balaban J connectivity index is 2.10. The van der Waals surface area contributed by atoms with Crippen LogP contribution in [0.4, 0.5) is 0 Å². The molecule has 0 aliphatic carbocycles. The van der Waals surface area contributed by atoms with Crippen molar-refractivity contribution in [2.24, 2.45) is 0 Å². The largest absolute Gasteiger partial charge is 0.314 e. The van der Waals surface area contributed by atoms with Crippen LogP contribution in [0.1, 0.15) is 18.9 Å². The van der Waals surface area contributed by atoms with Crippen molar-refractivity contribution in [1.29, 1.82) is 0 Å². The number of likely N-dealkylation sites (N-methyl/N-ethyl adjacent to an activating group) is 1. The van der Waals surface area contributed by atoms with E-state index >= 15 is 0 Å². The summed E-state index contributed by atoms with van der Waals surface area (Å²) in [6, 6.07) is 14.9. The Morgan fingerprint density at radius 1 is 1.10 bits per heavy atom. The molecule has 1 N–H and O–H groups in total. The van der Waals surface area contributed by atoms with Gasteiger partial charge in [-0.2, -0.15) is 0 Å². The maximum absolute atomic E-state index is 11.3. The van der Waals surface area contributed by atoms with E-state index in [1.54, 1.807) is 0 Å². The lowest BCUT2D eigenvalue weighted by atomic mass is 10.0. The number of hydrogen-bond acceptors (Lipinski definition) is 3. The number of hydrogen-bond donors (Lipinski definition) is 1. The molecule has 21 heavy (non-hydrogen) atoms. The van der Waals surface area contributed by atoms with Crippen molar-refractivity contribution in [3.63, 3.8) is 0 Å². The van der Waals surface area contributed by atoms with Crippen molar-refractivity contribution in [2.75, 3.05) is 18.6 Å². The van der Waals surface area contributed by atoms with Gasteiger partial charge in [0, 0.05) is 12.3 Å². The zero-order valence-corrected chi connectivity index (χ0v) is 13.5. The lowest BCUT2D eigenvalue weighted by Crippen LogP contribution is -2.32. The molecule has 0 aliphatic heterocycles. The first-order valence-electron chi connectivity index (χ1n) is 7.37. The van der Waals surface area contributed by atoms with E-state index in [0.29, 0.717) is 6.42 Å². The number of rotatable bonds is 7. The molecule has 0 amide bonds. The van der Waals surface area contributed by atoms with Crippen LogP contribution in [0, 0.1) is 0 Å². The van der Waals surface area contributed by atoms with Crippen molar-refractivity contribution in [1.82, 2.24) is 5.32 Å². The second kappa shape index (κ2) is 7.05. The molecule has 0 fully saturated rings. The van der Waals surface area contributed by atoms with E-state index in [0.717, 1.165) is 13.0 Å². The highest BCUT2D eigenvalue weighted by Crippen LogP contribution is 2.17. The van der Waals surface area contributed by atoms with Crippen LogP contribution in [-0.4, -0.2) is 33.0 Å². The van der Waals surface area contributed by atoms with Crippen LogP contribution in [0.3, 0.4) is 0 Å². The molecule has 2 rings (SSSR count). The number of sulfone groups is 1. The van der Waals surface area contributed by atoms with E-state index < -0.39 is 9.84 Å². The van der Waals surface area contributed by atoms with Crippen LogP contribution < -0.4 is 5.32 Å². The molecule has 2 aromatic rings. The average Bonchev–Trinajstić information content (AvgIpc) is 2.44. The molecule has 4 heteroatoms. The zero-order chi connectivity index (χ0) is 15.3. The Labute approximate surface area is 127 Å². The maximum Gasteiger partial charge on any atom is 0.147 e. The molecule has 0 saturated heterocycles. The molecular weight excluding hydrogens is 282 g/mol. The Bertz CT molecular complexity index is 695. The van der Waals surface area contributed by atoms with Crippen LogP contribution >= 0.6 is 0 Å². The Hall–Kier alpha value is -1.39. The van der Waals surface area contributed by atoms with E-state index in [-0.39, 0.29) is 11.8 Å². The van der Waals surface area contributed by atoms with Crippen LogP contribution in [0.15, 0.2) is 42.5 Å². The van der Waals surface area contributed by atoms with Gasteiger partial charge in [0.15, 0.2) is 0 Å². The van der Waals surface area contributed by atoms with E-state index in [4.69, 9.17) is 0 Å². The second-order valence-corrected chi connectivity index (χ2v) is 7.82. The highest BCUT2D eigenvalue weighted by molar-refractivity contribution is 7.90. The normalized spacial score (nSPS) is 13.4. The van der Waals surface area contributed by atoms with E-state index in [1.165, 1.54) is 22.6 Å². The lowest BCUT2D eigenvalue weighted by Gasteiger charge is -2.18. The molecule has 0 saturated carbocycles. The monoisotopic (exact) mass is 305 g/mol. The van der Waals surface area contributed by atoms with E-state index in [9.17, 15) is 8.42 Å². The summed E-state index contributed by atoms with van der Waals surface area (Å²) in [7, 11) is -2.90. The minimum Gasteiger partial charge on any atom is -0.314 e. The van der Waals surface area contributed by atoms with Crippen molar-refractivity contribution >= 4 is 20.6 Å². The third kappa shape index (κ3) is 5.14. The summed E-state index contributed by atoms with van der Waals surface area (Å²) in [5.41, 5.74) is 1.24. The zero-order valence-electron chi connectivity index (χ0n) is 12.7. The number of nitrogens with one attached hydrogen (secondary N) is 1. The highest BCUT2D eigenvalue weighted by atomic mass is 32.2. The van der Waals surface area contributed by atoms with E-state index in [2.05, 4.69) is 35.6 Å². The van der Waals surface area contributed by atoms with Crippen molar-refractivity contribution < 1.29 is 8.42 Å². The van der Waals surface area contributed by atoms with Gasteiger partial charge in [0.25, 0.3) is 0 Å². The van der Waals surface area contributed by atoms with Crippen LogP contribution in [0.25, 0.3) is 10.8 Å². The summed E-state index contributed by atoms with van der Waals surface area (Å²) >= 11 is 0. The molecule has 0 bridgehead atoms. The summed E-state index contributed by atoms with van der Waals surface area (Å²) in [4.78, 5) is 0. The van der Waals surface area contributed by atoms with Crippen molar-refractivity contribution in [3.05, 3.63) is 48.0 Å². The first-order valence-corrected chi connectivity index (χ1v) is 9.43. The van der Waals surface area contributed by atoms with E-state index in [1.807, 2.05) is 19.1 Å². The predicted octanol–water partition coefficient (Wildman–Crippen LogP) is 2.80. The number of fused-ring (bicyclic) bond motifs is 1. The molecular formula is C17H23NO2S. The van der Waals surface area contributed by atoms with Gasteiger partial charge in [-0.15, -0.1) is 0 Å². The van der Waals surface area contributed by atoms with Gasteiger partial charge in [-0.1, -0.05) is 49.4 Å². The third-order valence-electron chi connectivity index (χ3n) is 3.63. The minimum atomic E-state index is -2.90. The molecule has 3 nitrogen and oxygen atoms in total. The van der Waals surface area contributed by atoms with Gasteiger partial charge in [0.2, 0.25) is 0 Å². The molecule has 1 unspecified atom stereocenters. The first-order chi connectivity index (χ1) is 9.98. The molecule has 2 aromatic carbocycles. The van der Waals surface area contributed by atoms with Gasteiger partial charge < -0.3 is 5.32 Å². The van der Waals surface area contributed by atoms with Gasteiger partial charge in [-0.25, -0.2) is 8.42 Å². The second-order valence-electron chi connectivity index (χ2n) is 5.56. The minimum absolute atomic E-state index is 0.200. The van der Waals surface area contributed by atoms with Gasteiger partial charge >= 0.3 is 0 Å². The summed E-state index contributed by atoms with van der Waals surface area (Å²) in [6.07, 6.45) is 2.81. The van der Waals surface area contributed by atoms with Gasteiger partial charge in [-0.3, -0.25) is 0 Å². The average molecular weight is 305 g/mol. The van der Waals surface area contributed by atoms with Crippen molar-refractivity contribution in [2.45, 2.75) is 25.8 Å². The SMILES string of the molecule is CCNC(CCS(C)(=O)=O)Cc1ccc2ccccc2c1. The Kier molecular flexibility index (Phi) is 5.37. The summed E-state index contributed by atoms with van der Waals surface area (Å²) < 4.78 is 22.7. The quantitative estimate of drug-likeness (QED) is 0.855. The fourth-order valence-corrected chi connectivity index (χ4v) is 3.28. The predicted molar refractivity (Wildman–Crippen MR) is 89.4 cm³/mol. The molecule has 0 spiro atoms. The standard InChI is InChI=1S/C17H23NO2S/c1-3-18-17(10-11-21(2,19)20)13-14-8-9-15-6-4-5-7-16(15)12-14/h4-9,12,17-18H,3,10-11,13H2,1-2H3. The van der Waals surface area contributed by atoms with Crippen LogP contribution in [0.5, 0.6) is 0 Å². The van der Waals surface area contributed by atoms with Crippen molar-refractivity contribution in [3.8, 4) is 0 Å². The van der Waals surface area contributed by atoms with Crippen LogP contribution in [-0.2, 0) is 16.3 Å². The summed E-state index contributed by atoms with van der Waals surface area (Å²) in [5, 5.41) is 5.85. The smallest absolute Gasteiger partial charge is 0.147 e. The molecule has 1 atom stereocenters. The van der Waals surface area contributed by atoms with Gasteiger partial charge in [0.05, 0.1) is 5.75 Å². The molecule has 0 aromatic heterocycles. The molecule has 114 valence electrons. The lowest BCUT2D eigenvalue weighted by molar-refractivity contribution is 0.506. The van der Waals surface area contributed by atoms with Crippen LogP contribution in [0.2, 0.25) is 0 Å². The molecule has 0 radical (unpaired) electrons. The topological polar surface area (TPSA) is 46.2 Å². The highest BCUT2D eigenvalue weighted by Gasteiger charge is 2.12. The Morgan fingerprint density at radius 2 is 1.81 bits per heavy atom. The first kappa shape index (κ1) is 16.0. The van der Waals surface area contributed by atoms with Gasteiger partial charge in [-0.05, 0) is 35.7 Å². The fraction of sp³-hybridized carbons (Fsp3) is 0.412. The third-order valence-corrected chi connectivity index (χ3v) is 4.60. The Morgan fingerprint density at radius 3 is 2.48 bits per heavy atom. The van der Waals surface area contributed by atoms with Gasteiger partial charge in [0.1, 0.15) is 9.84 Å². The number of benzene rings is 2. The molecule has 0 heterocycles. The summed E-state index contributed by atoms with van der Waals surface area (Å²) in [5.74, 6) is 0.234. The fourth-order valence-electron chi connectivity index (χ4n) is 2.57.